The van der Waals surface area contributed by atoms with Crippen LogP contribution >= 0.6 is 0 Å². The summed E-state index contributed by atoms with van der Waals surface area (Å²) in [6.45, 7) is 4.55. The average Bonchev–Trinajstić information content (AvgIpc) is 3.34. The summed E-state index contributed by atoms with van der Waals surface area (Å²) in [5, 5.41) is 7.13. The van der Waals surface area contributed by atoms with Crippen LogP contribution in [0, 0.1) is 5.92 Å². The summed E-state index contributed by atoms with van der Waals surface area (Å²) in [7, 11) is 1.94. The molecule has 4 rings (SSSR count). The van der Waals surface area contributed by atoms with E-state index in [1.54, 1.807) is 11.0 Å². The van der Waals surface area contributed by atoms with Crippen molar-refractivity contribution in [2.24, 2.45) is 5.92 Å². The van der Waals surface area contributed by atoms with Crippen LogP contribution < -0.4 is 5.32 Å². The molecule has 154 valence electrons. The fourth-order valence-electron chi connectivity index (χ4n) is 4.25. The maximum atomic E-state index is 13.1. The molecule has 1 saturated heterocycles. The third-order valence-electron chi connectivity index (χ3n) is 6.46. The van der Waals surface area contributed by atoms with Crippen LogP contribution in [-0.4, -0.2) is 55.8 Å². The van der Waals surface area contributed by atoms with Crippen molar-refractivity contribution in [3.63, 3.8) is 0 Å². The quantitative estimate of drug-likeness (QED) is 0.786. The van der Waals surface area contributed by atoms with Crippen LogP contribution in [0.1, 0.15) is 51.1 Å². The maximum absolute atomic E-state index is 13.1. The summed E-state index contributed by atoms with van der Waals surface area (Å²) in [5.41, 5.74) is 1.35. The average molecular weight is 396 g/mol. The van der Waals surface area contributed by atoms with Crippen LogP contribution in [0.5, 0.6) is 0 Å². The zero-order valence-corrected chi connectivity index (χ0v) is 17.2. The van der Waals surface area contributed by atoms with Gasteiger partial charge in [0.25, 0.3) is 5.91 Å². The number of urea groups is 1. The maximum Gasteiger partial charge on any atom is 0.326 e. The number of carbonyl (C=O) groups excluding carboxylic acids is 2. The van der Waals surface area contributed by atoms with Gasteiger partial charge in [-0.3, -0.25) is 9.69 Å². The zero-order valence-electron chi connectivity index (χ0n) is 17.2. The molecule has 1 aliphatic carbocycles. The van der Waals surface area contributed by atoms with Crippen molar-refractivity contribution in [2.75, 3.05) is 13.7 Å². The van der Waals surface area contributed by atoms with Gasteiger partial charge in [0.05, 0.1) is 12.4 Å². The number of nitrogens with one attached hydrogen (secondary N) is 1. The van der Waals surface area contributed by atoms with E-state index in [0.717, 1.165) is 36.9 Å². The van der Waals surface area contributed by atoms with E-state index in [4.69, 9.17) is 0 Å². The van der Waals surface area contributed by atoms with Gasteiger partial charge >= 0.3 is 6.03 Å². The molecule has 1 aromatic carbocycles. The van der Waals surface area contributed by atoms with Gasteiger partial charge in [-0.05, 0) is 63.3 Å². The Morgan fingerprint density at radius 1 is 1.24 bits per heavy atom. The third kappa shape index (κ3) is 3.64. The van der Waals surface area contributed by atoms with E-state index < -0.39 is 5.54 Å². The summed E-state index contributed by atoms with van der Waals surface area (Å²) in [5.74, 6) is 0.539. The molecule has 0 unspecified atom stereocenters. The number of hydrogen-bond acceptors (Lipinski definition) is 5. The minimum atomic E-state index is -0.687. The lowest BCUT2D eigenvalue weighted by Gasteiger charge is -2.34. The van der Waals surface area contributed by atoms with Crippen LogP contribution in [0.25, 0.3) is 5.69 Å². The van der Waals surface area contributed by atoms with Crippen molar-refractivity contribution in [3.05, 3.63) is 42.5 Å². The molecule has 0 bridgehead atoms. The molecule has 2 aromatic rings. The Morgan fingerprint density at radius 2 is 1.93 bits per heavy atom. The highest BCUT2D eigenvalue weighted by atomic mass is 16.2. The molecule has 1 spiro atoms. The van der Waals surface area contributed by atoms with Gasteiger partial charge in [0.1, 0.15) is 18.2 Å². The summed E-state index contributed by atoms with van der Waals surface area (Å²) in [6.07, 6.45) is 6.58. The normalized spacial score (nSPS) is 25.7. The van der Waals surface area contributed by atoms with Crippen molar-refractivity contribution in [1.29, 1.82) is 0 Å². The first kappa shape index (κ1) is 19.6. The molecule has 8 heteroatoms. The molecule has 8 nitrogen and oxygen atoms in total. The molecular formula is C21H28N6O2. The summed E-state index contributed by atoms with van der Waals surface area (Å²) in [4.78, 5) is 33.0. The van der Waals surface area contributed by atoms with Gasteiger partial charge in [0.2, 0.25) is 0 Å². The minimum Gasteiger partial charge on any atom is -0.323 e. The lowest BCUT2D eigenvalue weighted by molar-refractivity contribution is -0.134. The van der Waals surface area contributed by atoms with Gasteiger partial charge in [0.15, 0.2) is 0 Å². The van der Waals surface area contributed by atoms with Crippen LogP contribution in [0.4, 0.5) is 4.79 Å². The smallest absolute Gasteiger partial charge is 0.323 e. The summed E-state index contributed by atoms with van der Waals surface area (Å²) >= 11 is 0. The van der Waals surface area contributed by atoms with Crippen LogP contribution in [-0.2, 0) is 4.79 Å². The first-order chi connectivity index (χ1) is 13.9. The number of imide groups is 1. The Balaban J connectivity index is 1.42. The molecule has 29 heavy (non-hydrogen) atoms. The SMILES string of the molecule is CC1CCC2(CC1)NC(=O)N(CN(C)[C@@H](C)c1ccc(-n3cncn3)cc1)C2=O. The Labute approximate surface area is 170 Å². The first-order valence-electron chi connectivity index (χ1n) is 10.2. The van der Waals surface area contributed by atoms with Gasteiger partial charge in [-0.1, -0.05) is 19.1 Å². The van der Waals surface area contributed by atoms with Crippen LogP contribution in [0.3, 0.4) is 0 Å². The van der Waals surface area contributed by atoms with E-state index in [1.165, 1.54) is 11.2 Å². The molecule has 1 saturated carbocycles. The van der Waals surface area contributed by atoms with Crippen LogP contribution in [0.2, 0.25) is 0 Å². The van der Waals surface area contributed by atoms with E-state index in [2.05, 4.69) is 29.2 Å². The van der Waals surface area contributed by atoms with Crippen molar-refractivity contribution in [3.8, 4) is 5.69 Å². The fourth-order valence-corrected chi connectivity index (χ4v) is 4.25. The second-order valence-corrected chi connectivity index (χ2v) is 8.43. The second kappa shape index (κ2) is 7.59. The highest BCUT2D eigenvalue weighted by molar-refractivity contribution is 6.07. The minimum absolute atomic E-state index is 0.0447. The van der Waals surface area contributed by atoms with Gasteiger partial charge in [0, 0.05) is 6.04 Å². The number of aromatic nitrogens is 3. The van der Waals surface area contributed by atoms with Gasteiger partial charge in [-0.2, -0.15) is 5.10 Å². The van der Waals surface area contributed by atoms with E-state index in [0.29, 0.717) is 5.92 Å². The summed E-state index contributed by atoms with van der Waals surface area (Å²) < 4.78 is 1.70. The first-order valence-corrected chi connectivity index (χ1v) is 10.2. The molecule has 1 aliphatic heterocycles. The fraction of sp³-hybridized carbons (Fsp3) is 0.524. The van der Waals surface area contributed by atoms with E-state index in [1.807, 2.05) is 36.2 Å². The molecule has 3 amide bonds. The number of rotatable bonds is 5. The van der Waals surface area contributed by atoms with Gasteiger partial charge in [-0.25, -0.2) is 19.4 Å². The zero-order chi connectivity index (χ0) is 20.6. The highest BCUT2D eigenvalue weighted by Crippen LogP contribution is 2.36. The molecule has 2 aliphatic rings. The molecule has 2 fully saturated rings. The largest absolute Gasteiger partial charge is 0.326 e. The predicted octanol–water partition coefficient (Wildman–Crippen LogP) is 2.72. The van der Waals surface area contributed by atoms with Crippen LogP contribution in [0.15, 0.2) is 36.9 Å². The number of nitrogens with zero attached hydrogens (tertiary/aromatic N) is 5. The Bertz CT molecular complexity index is 871. The van der Waals surface area contributed by atoms with Gasteiger partial charge in [-0.15, -0.1) is 0 Å². The predicted molar refractivity (Wildman–Crippen MR) is 108 cm³/mol. The number of amides is 3. The standard InChI is InChI=1S/C21H28N6O2/c1-15-8-10-21(11-9-15)19(28)26(20(29)24-21)14-25(3)16(2)17-4-6-18(7-5-17)27-13-22-12-23-27/h4-7,12-13,15-16H,8-11,14H2,1-3H3,(H,24,29)/t15?,16-,21?/m0/s1. The number of carbonyl (C=O) groups is 2. The Kier molecular flexibility index (Phi) is 5.12. The van der Waals surface area contributed by atoms with Crippen molar-refractivity contribution >= 4 is 11.9 Å². The number of hydrogen-bond donors (Lipinski definition) is 1. The Hall–Kier alpha value is -2.74. The summed E-state index contributed by atoms with van der Waals surface area (Å²) in [6, 6.07) is 7.82. The molecular weight excluding hydrogens is 368 g/mol. The van der Waals surface area contributed by atoms with Gasteiger partial charge < -0.3 is 5.32 Å². The van der Waals surface area contributed by atoms with Crippen molar-refractivity contribution < 1.29 is 9.59 Å². The van der Waals surface area contributed by atoms with E-state index in [9.17, 15) is 9.59 Å². The molecule has 2 heterocycles. The second-order valence-electron chi connectivity index (χ2n) is 8.43. The molecule has 1 atom stereocenters. The molecule has 1 N–H and O–H groups in total. The molecule has 1 aromatic heterocycles. The van der Waals surface area contributed by atoms with E-state index >= 15 is 0 Å². The number of benzene rings is 1. The lowest BCUT2D eigenvalue weighted by Crippen LogP contribution is -2.50. The van der Waals surface area contributed by atoms with Crippen molar-refractivity contribution in [1.82, 2.24) is 29.9 Å². The molecule has 0 radical (unpaired) electrons. The topological polar surface area (TPSA) is 83.4 Å². The van der Waals surface area contributed by atoms with E-state index in [-0.39, 0.29) is 24.6 Å². The Morgan fingerprint density at radius 3 is 2.55 bits per heavy atom. The highest BCUT2D eigenvalue weighted by Gasteiger charge is 2.52. The lowest BCUT2D eigenvalue weighted by atomic mass is 9.77. The monoisotopic (exact) mass is 396 g/mol. The van der Waals surface area contributed by atoms with Crippen molar-refractivity contribution in [2.45, 2.75) is 51.1 Å². The third-order valence-corrected chi connectivity index (χ3v) is 6.46.